The largest absolute Gasteiger partial charge is 0.335 e. The molecule has 1 fully saturated rings. The topological polar surface area (TPSA) is 57.7 Å². The quantitative estimate of drug-likeness (QED) is 0.716. The maximum atomic E-state index is 12.6. The molecular formula is C17H22N2O3S3. The van der Waals surface area contributed by atoms with Crippen LogP contribution in [0.1, 0.15) is 36.6 Å². The van der Waals surface area contributed by atoms with E-state index < -0.39 is 10.0 Å². The van der Waals surface area contributed by atoms with Crippen LogP contribution in [0.25, 0.3) is 0 Å². The van der Waals surface area contributed by atoms with Crippen LogP contribution >= 0.6 is 22.7 Å². The molecule has 3 rings (SSSR count). The smallest absolute Gasteiger partial charge is 0.252 e. The van der Waals surface area contributed by atoms with Gasteiger partial charge in [-0.3, -0.25) is 4.79 Å². The number of hydrogen-bond donors (Lipinski definition) is 0. The molecule has 3 heterocycles. The van der Waals surface area contributed by atoms with Gasteiger partial charge in [0.05, 0.1) is 6.04 Å². The first-order chi connectivity index (χ1) is 12.0. The summed E-state index contributed by atoms with van der Waals surface area (Å²) in [5.41, 5.74) is 0. The summed E-state index contributed by atoms with van der Waals surface area (Å²) in [6.07, 6.45) is 2.96. The second-order valence-electron chi connectivity index (χ2n) is 6.12. The summed E-state index contributed by atoms with van der Waals surface area (Å²) in [6, 6.07) is 7.64. The average molecular weight is 399 g/mol. The van der Waals surface area contributed by atoms with Crippen molar-refractivity contribution >= 4 is 38.6 Å². The van der Waals surface area contributed by atoms with Crippen molar-refractivity contribution in [3.05, 3.63) is 39.9 Å². The molecule has 25 heavy (non-hydrogen) atoms. The lowest BCUT2D eigenvalue weighted by atomic mass is 10.1. The lowest BCUT2D eigenvalue weighted by Gasteiger charge is -2.24. The predicted molar refractivity (Wildman–Crippen MR) is 101 cm³/mol. The van der Waals surface area contributed by atoms with E-state index in [9.17, 15) is 13.2 Å². The molecule has 1 aliphatic rings. The van der Waals surface area contributed by atoms with Crippen LogP contribution < -0.4 is 0 Å². The van der Waals surface area contributed by atoms with Crippen molar-refractivity contribution in [1.29, 1.82) is 0 Å². The maximum absolute atomic E-state index is 12.6. The molecule has 0 N–H and O–H groups in total. The van der Waals surface area contributed by atoms with E-state index in [1.54, 1.807) is 35.9 Å². The van der Waals surface area contributed by atoms with Gasteiger partial charge in [0, 0.05) is 31.4 Å². The SMILES string of the molecule is CN(CCCC(=O)N1CCCC1c1cccs1)S(=O)(=O)c1cccs1. The number of rotatable bonds is 7. The van der Waals surface area contributed by atoms with E-state index in [4.69, 9.17) is 0 Å². The van der Waals surface area contributed by atoms with Crippen molar-refractivity contribution in [2.75, 3.05) is 20.1 Å². The Morgan fingerprint density at radius 3 is 2.72 bits per heavy atom. The van der Waals surface area contributed by atoms with Crippen molar-refractivity contribution in [3.63, 3.8) is 0 Å². The van der Waals surface area contributed by atoms with Crippen LogP contribution in [0, 0.1) is 0 Å². The molecule has 0 aliphatic carbocycles. The van der Waals surface area contributed by atoms with E-state index in [0.29, 0.717) is 23.6 Å². The third kappa shape index (κ3) is 4.13. The molecule has 8 heteroatoms. The molecule has 2 aromatic heterocycles. The minimum atomic E-state index is -3.43. The number of sulfonamides is 1. The molecule has 1 aliphatic heterocycles. The summed E-state index contributed by atoms with van der Waals surface area (Å²) < 4.78 is 26.4. The number of likely N-dealkylation sites (tertiary alicyclic amines) is 1. The number of amides is 1. The van der Waals surface area contributed by atoms with E-state index in [2.05, 4.69) is 6.07 Å². The van der Waals surface area contributed by atoms with Gasteiger partial charge in [0.2, 0.25) is 5.91 Å². The first kappa shape index (κ1) is 18.6. The first-order valence-electron chi connectivity index (χ1n) is 8.33. The highest BCUT2D eigenvalue weighted by Gasteiger charge is 2.30. The van der Waals surface area contributed by atoms with E-state index in [0.717, 1.165) is 19.4 Å². The third-order valence-corrected chi connectivity index (χ3v) is 8.67. The Kier molecular flexibility index (Phi) is 5.93. The second-order valence-corrected chi connectivity index (χ2v) is 10.3. The Labute approximate surface area is 156 Å². The number of nitrogens with zero attached hydrogens (tertiary/aromatic N) is 2. The van der Waals surface area contributed by atoms with Gasteiger partial charge in [-0.2, -0.15) is 0 Å². The average Bonchev–Trinajstić information content (AvgIpc) is 3.35. The van der Waals surface area contributed by atoms with Crippen molar-refractivity contribution in [3.8, 4) is 0 Å². The van der Waals surface area contributed by atoms with Gasteiger partial charge in [-0.25, -0.2) is 12.7 Å². The van der Waals surface area contributed by atoms with Gasteiger partial charge >= 0.3 is 0 Å². The molecule has 136 valence electrons. The predicted octanol–water partition coefficient (Wildman–Crippen LogP) is 3.57. The molecule has 0 spiro atoms. The summed E-state index contributed by atoms with van der Waals surface area (Å²) in [4.78, 5) is 15.8. The maximum Gasteiger partial charge on any atom is 0.252 e. The lowest BCUT2D eigenvalue weighted by molar-refractivity contribution is -0.132. The fraction of sp³-hybridized carbons (Fsp3) is 0.471. The Bertz CT molecular complexity index is 785. The summed E-state index contributed by atoms with van der Waals surface area (Å²) in [5, 5.41) is 3.79. The van der Waals surface area contributed by atoms with Gasteiger partial charge < -0.3 is 4.90 Å². The Balaban J connectivity index is 1.52. The molecule has 2 aromatic rings. The van der Waals surface area contributed by atoms with Gasteiger partial charge in [0.15, 0.2) is 0 Å². The third-order valence-electron chi connectivity index (χ3n) is 4.47. The number of thiophene rings is 2. The Morgan fingerprint density at radius 1 is 1.28 bits per heavy atom. The van der Waals surface area contributed by atoms with Crippen molar-refractivity contribution in [2.24, 2.45) is 0 Å². The standard InChI is InChI=1S/C17H22N2O3S3/c1-18(25(21,22)17-9-5-13-24-17)10-3-8-16(20)19-11-2-6-14(19)15-7-4-12-23-15/h4-5,7,9,12-14H,2-3,6,8,10-11H2,1H3. The molecular weight excluding hydrogens is 376 g/mol. The molecule has 0 radical (unpaired) electrons. The van der Waals surface area contributed by atoms with Crippen LogP contribution in [-0.2, 0) is 14.8 Å². The van der Waals surface area contributed by atoms with Gasteiger partial charge in [-0.1, -0.05) is 12.1 Å². The minimum Gasteiger partial charge on any atom is -0.335 e. The minimum absolute atomic E-state index is 0.123. The van der Waals surface area contributed by atoms with Gasteiger partial charge in [-0.05, 0) is 42.2 Å². The zero-order valence-corrected chi connectivity index (χ0v) is 16.6. The van der Waals surface area contributed by atoms with Crippen LogP contribution in [0.4, 0.5) is 0 Å². The molecule has 1 unspecified atom stereocenters. The fourth-order valence-electron chi connectivity index (χ4n) is 3.12. The summed E-state index contributed by atoms with van der Waals surface area (Å²) >= 11 is 2.91. The molecule has 1 atom stereocenters. The molecule has 1 saturated heterocycles. The van der Waals surface area contributed by atoms with Crippen LogP contribution in [0.3, 0.4) is 0 Å². The zero-order chi connectivity index (χ0) is 17.9. The first-order valence-corrected chi connectivity index (χ1v) is 11.5. The molecule has 0 bridgehead atoms. The van der Waals surface area contributed by atoms with Crippen LogP contribution in [-0.4, -0.2) is 43.7 Å². The van der Waals surface area contributed by atoms with E-state index in [-0.39, 0.29) is 11.9 Å². The van der Waals surface area contributed by atoms with E-state index in [1.807, 2.05) is 16.3 Å². The molecule has 5 nitrogen and oxygen atoms in total. The van der Waals surface area contributed by atoms with E-state index >= 15 is 0 Å². The normalized spacial score (nSPS) is 18.2. The number of carbonyl (C=O) groups is 1. The van der Waals surface area contributed by atoms with Gasteiger partial charge in [0.25, 0.3) is 10.0 Å². The van der Waals surface area contributed by atoms with Crippen LogP contribution in [0.2, 0.25) is 0 Å². The van der Waals surface area contributed by atoms with Crippen molar-refractivity contribution in [1.82, 2.24) is 9.21 Å². The zero-order valence-electron chi connectivity index (χ0n) is 14.1. The summed E-state index contributed by atoms with van der Waals surface area (Å²) in [6.45, 7) is 1.15. The number of hydrogen-bond acceptors (Lipinski definition) is 5. The molecule has 0 aromatic carbocycles. The van der Waals surface area contributed by atoms with Crippen molar-refractivity contribution in [2.45, 2.75) is 35.9 Å². The summed E-state index contributed by atoms with van der Waals surface area (Å²) in [7, 11) is -1.86. The highest BCUT2D eigenvalue weighted by Crippen LogP contribution is 2.34. The van der Waals surface area contributed by atoms with Crippen LogP contribution in [0.15, 0.2) is 39.2 Å². The highest BCUT2D eigenvalue weighted by molar-refractivity contribution is 7.91. The van der Waals surface area contributed by atoms with Crippen LogP contribution in [0.5, 0.6) is 0 Å². The molecule has 0 saturated carbocycles. The number of carbonyl (C=O) groups excluding carboxylic acids is 1. The Hall–Kier alpha value is -1.22. The molecule has 1 amide bonds. The lowest BCUT2D eigenvalue weighted by Crippen LogP contribution is -2.32. The van der Waals surface area contributed by atoms with E-state index in [1.165, 1.54) is 20.5 Å². The fourth-order valence-corrected chi connectivity index (χ4v) is 6.41. The van der Waals surface area contributed by atoms with Gasteiger partial charge in [0.1, 0.15) is 4.21 Å². The second kappa shape index (κ2) is 7.99. The van der Waals surface area contributed by atoms with Gasteiger partial charge in [-0.15, -0.1) is 22.7 Å². The van der Waals surface area contributed by atoms with Crippen molar-refractivity contribution < 1.29 is 13.2 Å². The summed E-state index contributed by atoms with van der Waals surface area (Å²) in [5.74, 6) is 0.123. The monoisotopic (exact) mass is 398 g/mol. The highest BCUT2D eigenvalue weighted by atomic mass is 32.2. The Morgan fingerprint density at radius 2 is 2.04 bits per heavy atom.